The van der Waals surface area contributed by atoms with Crippen LogP contribution in [-0.4, -0.2) is 64.8 Å². The molecule has 2 rings (SSSR count). The van der Waals surface area contributed by atoms with Crippen LogP contribution in [0, 0.1) is 5.92 Å². The first-order chi connectivity index (χ1) is 10.7. The molecule has 0 aliphatic carbocycles. The van der Waals surface area contributed by atoms with Crippen LogP contribution in [0.5, 0.6) is 0 Å². The van der Waals surface area contributed by atoms with Crippen LogP contribution in [0.15, 0.2) is 11.3 Å². The molecule has 3 atom stereocenters. The number of carboxylic acids is 1. The maximum atomic E-state index is 12.1. The highest BCUT2D eigenvalue weighted by atomic mass is 32.2. The van der Waals surface area contributed by atoms with Gasteiger partial charge in [0.2, 0.25) is 5.91 Å². The average molecular weight is 364 g/mol. The van der Waals surface area contributed by atoms with Crippen molar-refractivity contribution in [3.63, 3.8) is 0 Å². The van der Waals surface area contributed by atoms with Crippen LogP contribution in [0.3, 0.4) is 0 Å². The van der Waals surface area contributed by atoms with Crippen molar-refractivity contribution in [1.82, 2.24) is 4.90 Å². The first-order valence-electron chi connectivity index (χ1n) is 7.18. The zero-order chi connectivity index (χ0) is 17.4. The van der Waals surface area contributed by atoms with E-state index in [4.69, 9.17) is 5.14 Å². The summed E-state index contributed by atoms with van der Waals surface area (Å²) in [6, 6.07) is -0.460. The molecule has 8 nitrogen and oxygen atoms in total. The van der Waals surface area contributed by atoms with Crippen molar-refractivity contribution in [3.8, 4) is 0 Å². The number of nitrogens with two attached hydrogens (primary N) is 1. The Bertz CT molecular complexity index is 643. The number of rotatable bonds is 8. The molecule has 1 fully saturated rings. The zero-order valence-corrected chi connectivity index (χ0v) is 14.3. The molecule has 0 spiro atoms. The van der Waals surface area contributed by atoms with Gasteiger partial charge in [0.1, 0.15) is 5.70 Å². The highest BCUT2D eigenvalue weighted by molar-refractivity contribution is 7.97. The van der Waals surface area contributed by atoms with Gasteiger partial charge in [-0.15, -0.1) is 0 Å². The van der Waals surface area contributed by atoms with Crippen molar-refractivity contribution < 1.29 is 28.2 Å². The van der Waals surface area contributed by atoms with E-state index in [1.807, 2.05) is 0 Å². The number of nitrogens with zero attached hydrogens (tertiary/aromatic N) is 1. The maximum absolute atomic E-state index is 12.1. The Labute approximate surface area is 138 Å². The van der Waals surface area contributed by atoms with Crippen molar-refractivity contribution in [2.75, 3.05) is 17.3 Å². The number of aliphatic hydroxyl groups excluding tert-OH is 1. The van der Waals surface area contributed by atoms with E-state index in [2.05, 4.69) is 0 Å². The minimum absolute atomic E-state index is 0.0773. The van der Waals surface area contributed by atoms with Crippen LogP contribution in [-0.2, 0) is 19.4 Å². The lowest BCUT2D eigenvalue weighted by Gasteiger charge is -2.44. The lowest BCUT2D eigenvalue weighted by molar-refractivity contribution is -0.161. The molecule has 2 aliphatic rings. The summed E-state index contributed by atoms with van der Waals surface area (Å²) in [4.78, 5) is 24.6. The highest BCUT2D eigenvalue weighted by Gasteiger charge is 2.56. The Kier molecular flexibility index (Phi) is 5.39. The molecule has 0 saturated carbocycles. The quantitative estimate of drug-likeness (QED) is 0.293. The monoisotopic (exact) mass is 364 g/mol. The Hall–Kier alpha value is -1.10. The maximum Gasteiger partial charge on any atom is 0.352 e. The van der Waals surface area contributed by atoms with E-state index in [1.165, 1.54) is 6.92 Å². The number of hydrogen-bond donors (Lipinski definition) is 3. The molecular weight excluding hydrogens is 344 g/mol. The fraction of sp³-hybridized carbons (Fsp3) is 0.692. The predicted molar refractivity (Wildman–Crippen MR) is 85.0 cm³/mol. The van der Waals surface area contributed by atoms with Gasteiger partial charge in [-0.2, -0.15) is 0 Å². The Morgan fingerprint density at radius 3 is 2.70 bits per heavy atom. The lowest BCUT2D eigenvalue weighted by atomic mass is 9.83. The minimum atomic E-state index is -3.47. The molecule has 10 heteroatoms. The second kappa shape index (κ2) is 6.80. The van der Waals surface area contributed by atoms with Gasteiger partial charge in [0.25, 0.3) is 0 Å². The molecule has 4 N–H and O–H groups in total. The number of carbonyl (C=O) groups is 2. The van der Waals surface area contributed by atoms with Gasteiger partial charge in [-0.25, -0.2) is 13.2 Å². The number of β-lactam (4-membered cyclic amide) rings is 1. The largest absolute Gasteiger partial charge is 0.477 e. The molecule has 0 aromatic carbocycles. The van der Waals surface area contributed by atoms with E-state index < -0.39 is 39.8 Å². The third kappa shape index (κ3) is 3.54. The summed E-state index contributed by atoms with van der Waals surface area (Å²) >= 11 is 1.05. The van der Waals surface area contributed by atoms with E-state index in [0.29, 0.717) is 12.2 Å². The van der Waals surface area contributed by atoms with Gasteiger partial charge in [-0.05, 0) is 25.3 Å². The van der Waals surface area contributed by atoms with Gasteiger partial charge >= 0.3 is 5.97 Å². The second-order valence-corrected chi connectivity index (χ2v) is 8.75. The van der Waals surface area contributed by atoms with E-state index >= 15 is 0 Å². The highest BCUT2D eigenvalue weighted by Crippen LogP contribution is 2.43. The third-order valence-electron chi connectivity index (χ3n) is 4.13. The molecule has 3 unspecified atom stereocenters. The Morgan fingerprint density at radius 1 is 1.52 bits per heavy atom. The predicted octanol–water partition coefficient (Wildman–Crippen LogP) is -0.652. The fourth-order valence-electron chi connectivity index (χ4n) is 3.19. The number of aliphatic hydroxyl groups is 1. The van der Waals surface area contributed by atoms with Gasteiger partial charge in [-0.1, -0.05) is 11.9 Å². The first-order valence-corrected chi connectivity index (χ1v) is 10.0. The summed E-state index contributed by atoms with van der Waals surface area (Å²) < 4.78 is 24.3. The molecule has 130 valence electrons. The van der Waals surface area contributed by atoms with E-state index in [1.54, 1.807) is 0 Å². The van der Waals surface area contributed by atoms with Crippen molar-refractivity contribution in [2.45, 2.75) is 31.9 Å². The average Bonchev–Trinajstić information content (AvgIpc) is 2.72. The summed E-state index contributed by atoms with van der Waals surface area (Å²) in [7, 11) is -3.47. The summed E-state index contributed by atoms with van der Waals surface area (Å²) in [5.74, 6) is -2.40. The van der Waals surface area contributed by atoms with E-state index in [9.17, 15) is 28.2 Å². The van der Waals surface area contributed by atoms with Crippen LogP contribution < -0.4 is 5.14 Å². The number of fused-ring (bicyclic) bond motifs is 1. The van der Waals surface area contributed by atoms with Crippen LogP contribution in [0.2, 0.25) is 0 Å². The zero-order valence-electron chi connectivity index (χ0n) is 12.6. The van der Waals surface area contributed by atoms with Gasteiger partial charge in [0, 0.05) is 5.75 Å². The number of amides is 1. The topological polar surface area (TPSA) is 138 Å². The van der Waals surface area contributed by atoms with Crippen LogP contribution in [0.25, 0.3) is 0 Å². The standard InChI is InChI=1S/C13H20N2O6S2/c1-7(16)10-9-5-8(6-23(20,21)4-2-3-22-14)11(13(18)19)15(9)12(10)17/h7,9-10,16H,2-6,14H2,1H3,(H,18,19). The number of hydrogen-bond acceptors (Lipinski definition) is 7. The number of carboxylic acid groups (broad SMARTS) is 1. The second-order valence-electron chi connectivity index (χ2n) is 5.82. The van der Waals surface area contributed by atoms with Gasteiger partial charge in [-0.3, -0.25) is 9.93 Å². The van der Waals surface area contributed by atoms with E-state index in [-0.39, 0.29) is 29.2 Å². The Balaban J connectivity index is 2.18. The number of sulfone groups is 1. The molecule has 0 aromatic heterocycles. The molecule has 2 aliphatic heterocycles. The minimum Gasteiger partial charge on any atom is -0.477 e. The Morgan fingerprint density at radius 2 is 2.17 bits per heavy atom. The van der Waals surface area contributed by atoms with Gasteiger partial charge in [0.05, 0.1) is 29.6 Å². The molecule has 0 radical (unpaired) electrons. The van der Waals surface area contributed by atoms with Crippen LogP contribution in [0.4, 0.5) is 0 Å². The summed E-state index contributed by atoms with van der Waals surface area (Å²) in [6.07, 6.45) is -0.327. The normalized spacial score (nSPS) is 25.3. The smallest absolute Gasteiger partial charge is 0.352 e. The third-order valence-corrected chi connectivity index (χ3v) is 6.36. The van der Waals surface area contributed by atoms with Crippen molar-refractivity contribution in [1.29, 1.82) is 0 Å². The molecule has 1 amide bonds. The molecular formula is C13H20N2O6S2. The van der Waals surface area contributed by atoms with Crippen molar-refractivity contribution in [3.05, 3.63) is 11.3 Å². The molecule has 0 aromatic rings. The first kappa shape index (κ1) is 18.2. The summed E-state index contributed by atoms with van der Waals surface area (Å²) in [6.45, 7) is 1.47. The summed E-state index contributed by atoms with van der Waals surface area (Å²) in [5, 5.41) is 24.2. The molecule has 2 heterocycles. The van der Waals surface area contributed by atoms with Crippen molar-refractivity contribution >= 4 is 33.7 Å². The lowest BCUT2D eigenvalue weighted by Crippen LogP contribution is -2.61. The number of aliphatic carboxylic acids is 1. The van der Waals surface area contributed by atoms with Crippen LogP contribution >= 0.6 is 11.9 Å². The number of carbonyl (C=O) groups excluding carboxylic acids is 1. The SMILES string of the molecule is CC(O)C1C(=O)N2C(C(=O)O)=C(CS(=O)(=O)CCCSN)CC12. The molecule has 0 bridgehead atoms. The van der Waals surface area contributed by atoms with Crippen LogP contribution in [0.1, 0.15) is 19.8 Å². The van der Waals surface area contributed by atoms with Gasteiger partial charge in [0.15, 0.2) is 9.84 Å². The fourth-order valence-corrected chi connectivity index (χ4v) is 5.20. The van der Waals surface area contributed by atoms with Crippen molar-refractivity contribution in [2.24, 2.45) is 11.1 Å². The molecule has 1 saturated heterocycles. The molecule has 23 heavy (non-hydrogen) atoms. The summed E-state index contributed by atoms with van der Waals surface area (Å²) in [5.41, 5.74) is -0.00641. The van der Waals surface area contributed by atoms with Gasteiger partial charge < -0.3 is 15.1 Å². The van der Waals surface area contributed by atoms with E-state index in [0.717, 1.165) is 16.8 Å².